The molecule has 72 valence electrons. The Morgan fingerprint density at radius 2 is 1.92 bits per heavy atom. The van der Waals surface area contributed by atoms with Crippen molar-refractivity contribution in [1.82, 2.24) is 4.98 Å². The summed E-state index contributed by atoms with van der Waals surface area (Å²) in [7, 11) is 0. The van der Waals surface area contributed by atoms with Crippen LogP contribution in [0.2, 0.25) is 0 Å². The highest BCUT2D eigenvalue weighted by molar-refractivity contribution is 5.30. The minimum absolute atomic E-state index is 0.000556. The van der Waals surface area contributed by atoms with Crippen LogP contribution in [0.1, 0.15) is 32.4 Å². The molecule has 3 heteroatoms. The Bertz CT molecular complexity index is 271. The van der Waals surface area contributed by atoms with Crippen molar-refractivity contribution in [3.05, 3.63) is 23.9 Å². The van der Waals surface area contributed by atoms with Crippen molar-refractivity contribution in [3.8, 4) is 0 Å². The molecule has 0 aliphatic heterocycles. The molecule has 0 fully saturated rings. The maximum atomic E-state index is 6.04. The van der Waals surface area contributed by atoms with E-state index in [1.165, 1.54) is 0 Å². The van der Waals surface area contributed by atoms with E-state index in [0.29, 0.717) is 5.82 Å². The Morgan fingerprint density at radius 3 is 2.31 bits per heavy atom. The standard InChI is InChI=1S/C10H17N3/c1-10(2,3)9(12)7-4-5-8(11)13-6-7/h4-6,9H,12H2,1-3H3,(H2,11,13). The molecule has 1 unspecified atom stereocenters. The van der Waals surface area contributed by atoms with E-state index in [4.69, 9.17) is 11.5 Å². The summed E-state index contributed by atoms with van der Waals surface area (Å²) < 4.78 is 0. The van der Waals surface area contributed by atoms with Gasteiger partial charge in [-0.15, -0.1) is 0 Å². The first-order chi connectivity index (χ1) is 5.91. The molecule has 13 heavy (non-hydrogen) atoms. The molecule has 1 aromatic heterocycles. The number of hydrogen-bond acceptors (Lipinski definition) is 3. The first kappa shape index (κ1) is 9.99. The molecule has 0 aromatic carbocycles. The number of aromatic nitrogens is 1. The Morgan fingerprint density at radius 1 is 1.31 bits per heavy atom. The van der Waals surface area contributed by atoms with Gasteiger partial charge in [0.1, 0.15) is 5.82 Å². The van der Waals surface area contributed by atoms with Crippen LogP contribution in [0.25, 0.3) is 0 Å². The van der Waals surface area contributed by atoms with Gasteiger partial charge in [0.15, 0.2) is 0 Å². The molecule has 0 saturated heterocycles. The van der Waals surface area contributed by atoms with Gasteiger partial charge in [0.05, 0.1) is 0 Å². The van der Waals surface area contributed by atoms with Gasteiger partial charge in [-0.05, 0) is 17.0 Å². The lowest BCUT2D eigenvalue weighted by atomic mass is 9.84. The second kappa shape index (κ2) is 3.34. The number of nitrogens with two attached hydrogens (primary N) is 2. The summed E-state index contributed by atoms with van der Waals surface area (Å²) in [5, 5.41) is 0. The number of anilines is 1. The number of pyridine rings is 1. The zero-order valence-electron chi connectivity index (χ0n) is 8.41. The molecule has 1 heterocycles. The zero-order valence-corrected chi connectivity index (χ0v) is 8.41. The van der Waals surface area contributed by atoms with E-state index in [-0.39, 0.29) is 11.5 Å². The molecule has 0 saturated carbocycles. The molecule has 3 nitrogen and oxygen atoms in total. The van der Waals surface area contributed by atoms with Gasteiger partial charge in [-0.1, -0.05) is 26.8 Å². The van der Waals surface area contributed by atoms with Crippen molar-refractivity contribution in [2.75, 3.05) is 5.73 Å². The molecule has 1 atom stereocenters. The van der Waals surface area contributed by atoms with Crippen molar-refractivity contribution < 1.29 is 0 Å². The first-order valence-corrected chi connectivity index (χ1v) is 4.38. The highest BCUT2D eigenvalue weighted by Crippen LogP contribution is 2.29. The van der Waals surface area contributed by atoms with Crippen LogP contribution >= 0.6 is 0 Å². The van der Waals surface area contributed by atoms with Crippen molar-refractivity contribution in [2.45, 2.75) is 26.8 Å². The summed E-state index contributed by atoms with van der Waals surface area (Å²) in [4.78, 5) is 4.01. The van der Waals surface area contributed by atoms with E-state index in [1.54, 1.807) is 12.3 Å². The molecule has 0 bridgehead atoms. The van der Waals surface area contributed by atoms with E-state index >= 15 is 0 Å². The molecule has 0 spiro atoms. The minimum atomic E-state index is 0.000556. The van der Waals surface area contributed by atoms with Gasteiger partial charge in [-0.2, -0.15) is 0 Å². The van der Waals surface area contributed by atoms with E-state index in [1.807, 2.05) is 6.07 Å². The molecule has 1 aromatic rings. The zero-order chi connectivity index (χ0) is 10.1. The monoisotopic (exact) mass is 179 g/mol. The summed E-state index contributed by atoms with van der Waals surface area (Å²) >= 11 is 0. The molecule has 0 aliphatic rings. The summed E-state index contributed by atoms with van der Waals surface area (Å²) in [6, 6.07) is 3.71. The van der Waals surface area contributed by atoms with Crippen LogP contribution in [0.4, 0.5) is 5.82 Å². The van der Waals surface area contributed by atoms with Crippen LogP contribution < -0.4 is 11.5 Å². The van der Waals surface area contributed by atoms with Gasteiger partial charge in [0, 0.05) is 12.2 Å². The van der Waals surface area contributed by atoms with E-state index in [9.17, 15) is 0 Å². The molecular weight excluding hydrogens is 162 g/mol. The number of rotatable bonds is 1. The normalized spacial score (nSPS) is 14.2. The van der Waals surface area contributed by atoms with Gasteiger partial charge >= 0.3 is 0 Å². The van der Waals surface area contributed by atoms with Crippen LogP contribution in [0.3, 0.4) is 0 Å². The van der Waals surface area contributed by atoms with Crippen LogP contribution in [-0.4, -0.2) is 4.98 Å². The van der Waals surface area contributed by atoms with Crippen LogP contribution in [0.5, 0.6) is 0 Å². The van der Waals surface area contributed by atoms with Crippen molar-refractivity contribution in [2.24, 2.45) is 11.1 Å². The fourth-order valence-corrected chi connectivity index (χ4v) is 1.10. The van der Waals surface area contributed by atoms with Crippen molar-refractivity contribution in [3.63, 3.8) is 0 Å². The summed E-state index contributed by atoms with van der Waals surface area (Å²) in [6.07, 6.45) is 1.74. The molecule has 1 rings (SSSR count). The number of hydrogen-bond donors (Lipinski definition) is 2. The highest BCUT2D eigenvalue weighted by Gasteiger charge is 2.22. The average molecular weight is 179 g/mol. The van der Waals surface area contributed by atoms with E-state index < -0.39 is 0 Å². The van der Waals surface area contributed by atoms with Gasteiger partial charge < -0.3 is 11.5 Å². The third-order valence-corrected chi connectivity index (χ3v) is 2.10. The largest absolute Gasteiger partial charge is 0.384 e. The lowest BCUT2D eigenvalue weighted by Crippen LogP contribution is -2.26. The Labute approximate surface area is 79.2 Å². The second-order valence-corrected chi connectivity index (χ2v) is 4.36. The molecular formula is C10H17N3. The van der Waals surface area contributed by atoms with Gasteiger partial charge in [0.25, 0.3) is 0 Å². The van der Waals surface area contributed by atoms with Crippen molar-refractivity contribution in [1.29, 1.82) is 0 Å². The number of nitrogens with zero attached hydrogens (tertiary/aromatic N) is 1. The quantitative estimate of drug-likeness (QED) is 0.689. The minimum Gasteiger partial charge on any atom is -0.384 e. The highest BCUT2D eigenvalue weighted by atomic mass is 14.8. The predicted molar refractivity (Wildman–Crippen MR) is 55.0 cm³/mol. The lowest BCUT2D eigenvalue weighted by Gasteiger charge is -2.27. The Hall–Kier alpha value is -1.09. The topological polar surface area (TPSA) is 64.9 Å². The van der Waals surface area contributed by atoms with E-state index in [0.717, 1.165) is 5.56 Å². The van der Waals surface area contributed by atoms with Gasteiger partial charge in [-0.3, -0.25) is 0 Å². The molecule has 0 amide bonds. The van der Waals surface area contributed by atoms with Crippen LogP contribution in [0.15, 0.2) is 18.3 Å². The predicted octanol–water partition coefficient (Wildman–Crippen LogP) is 1.71. The molecule has 0 radical (unpaired) electrons. The maximum Gasteiger partial charge on any atom is 0.123 e. The SMILES string of the molecule is CC(C)(C)C(N)c1ccc(N)nc1. The molecule has 0 aliphatic carbocycles. The average Bonchev–Trinajstić information content (AvgIpc) is 2.03. The first-order valence-electron chi connectivity index (χ1n) is 4.38. The summed E-state index contributed by atoms with van der Waals surface area (Å²) in [5.41, 5.74) is 12.6. The third kappa shape index (κ3) is 2.42. The van der Waals surface area contributed by atoms with Crippen molar-refractivity contribution >= 4 is 5.82 Å². The second-order valence-electron chi connectivity index (χ2n) is 4.36. The summed E-state index contributed by atoms with van der Waals surface area (Å²) in [6.45, 7) is 6.32. The van der Waals surface area contributed by atoms with Crippen LogP contribution in [0, 0.1) is 5.41 Å². The maximum absolute atomic E-state index is 6.04. The smallest absolute Gasteiger partial charge is 0.123 e. The van der Waals surface area contributed by atoms with Gasteiger partial charge in [0.2, 0.25) is 0 Å². The van der Waals surface area contributed by atoms with Gasteiger partial charge in [-0.25, -0.2) is 4.98 Å². The lowest BCUT2D eigenvalue weighted by molar-refractivity contribution is 0.326. The third-order valence-electron chi connectivity index (χ3n) is 2.10. The Kier molecular flexibility index (Phi) is 2.57. The fourth-order valence-electron chi connectivity index (χ4n) is 1.10. The molecule has 4 N–H and O–H groups in total. The fraction of sp³-hybridized carbons (Fsp3) is 0.500. The van der Waals surface area contributed by atoms with E-state index in [2.05, 4.69) is 25.8 Å². The number of nitrogen functional groups attached to an aromatic ring is 1. The Balaban J connectivity index is 2.90. The summed E-state index contributed by atoms with van der Waals surface area (Å²) in [5.74, 6) is 0.532. The van der Waals surface area contributed by atoms with Crippen LogP contribution in [-0.2, 0) is 0 Å².